The van der Waals surface area contributed by atoms with Crippen LogP contribution in [0.3, 0.4) is 0 Å². The molecule has 5 nitrogen and oxygen atoms in total. The number of benzene rings is 2. The van der Waals surface area contributed by atoms with Gasteiger partial charge >= 0.3 is 12.4 Å². The maximum absolute atomic E-state index is 13.3. The molecule has 0 saturated heterocycles. The van der Waals surface area contributed by atoms with Crippen molar-refractivity contribution in [1.82, 2.24) is 0 Å². The molecule has 0 unspecified atom stereocenters. The summed E-state index contributed by atoms with van der Waals surface area (Å²) in [6.07, 6.45) is -6.34. The summed E-state index contributed by atoms with van der Waals surface area (Å²) in [5, 5.41) is 0. The van der Waals surface area contributed by atoms with Crippen LogP contribution in [0.15, 0.2) is 48.5 Å². The zero-order valence-electron chi connectivity index (χ0n) is 24.8. The summed E-state index contributed by atoms with van der Waals surface area (Å²) in [4.78, 5) is 53.8. The normalized spacial score (nSPS) is 18.4. The van der Waals surface area contributed by atoms with Gasteiger partial charge in [0.2, 0.25) is 23.1 Å². The van der Waals surface area contributed by atoms with Crippen molar-refractivity contribution in [3.8, 4) is 15.5 Å². The van der Waals surface area contributed by atoms with Crippen LogP contribution in [0.2, 0.25) is 0 Å². The molecule has 0 amide bonds. The summed E-state index contributed by atoms with van der Waals surface area (Å²) in [5.41, 5.74) is -2.38. The molecule has 5 aromatic rings. The van der Waals surface area contributed by atoms with E-state index in [0.29, 0.717) is 27.6 Å². The monoisotopic (exact) mass is 726 g/mol. The highest BCUT2D eigenvalue weighted by atomic mass is 32.1. The minimum atomic E-state index is -4.67. The molecule has 2 aromatic carbocycles. The van der Waals surface area contributed by atoms with Gasteiger partial charge in [-0.05, 0) is 73.5 Å². The third-order valence-corrected chi connectivity index (χ3v) is 12.1. The number of carbonyl (C=O) groups excluding carboxylic acids is 4. The Bertz CT molecular complexity index is 2450. The van der Waals surface area contributed by atoms with Crippen LogP contribution in [0.5, 0.6) is 5.75 Å². The van der Waals surface area contributed by atoms with E-state index in [-0.39, 0.29) is 33.4 Å². The Hall–Kier alpha value is -4.66. The summed E-state index contributed by atoms with van der Waals surface area (Å²) < 4.78 is 87.5. The van der Waals surface area contributed by atoms with E-state index in [0.717, 1.165) is 49.0 Å². The molecular formula is C35H16F6O5S3. The molecule has 0 spiro atoms. The van der Waals surface area contributed by atoms with Crippen LogP contribution >= 0.6 is 34.0 Å². The van der Waals surface area contributed by atoms with E-state index in [4.69, 9.17) is 4.74 Å². The number of Topliss-reactive ketones (excluding diaryl/α,β-unsaturated/α-hetero) is 4. The van der Waals surface area contributed by atoms with E-state index in [9.17, 15) is 45.5 Å². The second-order valence-electron chi connectivity index (χ2n) is 12.1. The van der Waals surface area contributed by atoms with E-state index >= 15 is 0 Å². The first-order chi connectivity index (χ1) is 22.9. The van der Waals surface area contributed by atoms with Crippen LogP contribution in [0.1, 0.15) is 72.1 Å². The topological polar surface area (TPSA) is 77.5 Å². The van der Waals surface area contributed by atoms with Crippen LogP contribution in [-0.2, 0) is 27.5 Å². The molecule has 4 heterocycles. The van der Waals surface area contributed by atoms with Gasteiger partial charge in [-0.3, -0.25) is 19.2 Å². The fourth-order valence-electron chi connectivity index (χ4n) is 6.20. The predicted octanol–water partition coefficient (Wildman–Crippen LogP) is 9.97. The molecule has 0 saturated carbocycles. The number of thiophene rings is 3. The van der Waals surface area contributed by atoms with Crippen molar-refractivity contribution in [3.63, 3.8) is 0 Å². The van der Waals surface area contributed by atoms with E-state index in [1.807, 2.05) is 19.9 Å². The Kier molecular flexibility index (Phi) is 6.57. The molecule has 1 aliphatic heterocycles. The standard InChI is InChI=1S/C35H16F6O5S3/c1-33(2)23-11-15(9-21-17-5-3-13(34(36,37)38)7-19(17)25(42)27(21)44)47-30(23)32-29(46-33)31-24(49-32)12-16(48-31)10-22-18-6-4-14(35(39,40)41)8-20(18)26(43)28(22)45/h3-12H,1-2H3/b21-9-,22-10-. The number of halogens is 6. The number of carbonyl (C=O) groups is 4. The van der Waals surface area contributed by atoms with Gasteiger partial charge in [-0.1, -0.05) is 12.1 Å². The fraction of sp³-hybridized carbons (Fsp3) is 0.143. The number of rotatable bonds is 2. The molecule has 0 radical (unpaired) electrons. The molecule has 49 heavy (non-hydrogen) atoms. The molecule has 0 fully saturated rings. The summed E-state index contributed by atoms with van der Waals surface area (Å²) in [6, 6.07) is 8.97. The number of ether oxygens (including phenoxy) is 1. The largest absolute Gasteiger partial charge is 0.480 e. The first-order valence-electron chi connectivity index (χ1n) is 14.4. The average molecular weight is 727 g/mol. The van der Waals surface area contributed by atoms with Gasteiger partial charge in [-0.2, -0.15) is 26.3 Å². The van der Waals surface area contributed by atoms with Crippen LogP contribution in [0.4, 0.5) is 26.3 Å². The number of hydrogen-bond donors (Lipinski definition) is 0. The van der Waals surface area contributed by atoms with Crippen LogP contribution in [0, 0.1) is 0 Å². The highest BCUT2D eigenvalue weighted by Crippen LogP contribution is 2.57. The first-order valence-corrected chi connectivity index (χ1v) is 16.8. The van der Waals surface area contributed by atoms with Gasteiger partial charge < -0.3 is 4.74 Å². The molecule has 3 aromatic heterocycles. The van der Waals surface area contributed by atoms with Gasteiger partial charge in [0.15, 0.2) is 5.75 Å². The zero-order valence-corrected chi connectivity index (χ0v) is 27.3. The Balaban J connectivity index is 1.17. The number of hydrogen-bond acceptors (Lipinski definition) is 8. The number of fused-ring (bicyclic) bond motifs is 7. The Labute approximate surface area is 283 Å². The molecule has 8 rings (SSSR count). The maximum atomic E-state index is 13.3. The summed E-state index contributed by atoms with van der Waals surface area (Å²) in [7, 11) is 0. The smallest absolute Gasteiger partial charge is 0.416 e. The minimum Gasteiger partial charge on any atom is -0.480 e. The van der Waals surface area contributed by atoms with Gasteiger partial charge in [0, 0.05) is 37.6 Å². The lowest BCUT2D eigenvalue weighted by atomic mass is 9.95. The third-order valence-electron chi connectivity index (χ3n) is 8.54. The average Bonchev–Trinajstić information content (AvgIpc) is 3.81. The van der Waals surface area contributed by atoms with Crippen molar-refractivity contribution < 1.29 is 50.3 Å². The van der Waals surface area contributed by atoms with Crippen molar-refractivity contribution in [2.75, 3.05) is 0 Å². The molecule has 14 heteroatoms. The van der Waals surface area contributed by atoms with Gasteiger partial charge in [0.05, 0.1) is 30.3 Å². The first kappa shape index (κ1) is 31.6. The van der Waals surface area contributed by atoms with E-state index < -0.39 is 52.2 Å². The highest BCUT2D eigenvalue weighted by Gasteiger charge is 2.41. The lowest BCUT2D eigenvalue weighted by Gasteiger charge is -2.31. The Morgan fingerprint density at radius 3 is 1.63 bits per heavy atom. The molecule has 0 bridgehead atoms. The number of allylic oxidation sites excluding steroid dienone is 2. The highest BCUT2D eigenvalue weighted by molar-refractivity contribution is 7.32. The molecular weight excluding hydrogens is 711 g/mol. The zero-order chi connectivity index (χ0) is 34.9. The van der Waals surface area contributed by atoms with Crippen LogP contribution < -0.4 is 4.74 Å². The second kappa shape index (κ2) is 10.2. The predicted molar refractivity (Wildman–Crippen MR) is 174 cm³/mol. The Morgan fingerprint density at radius 2 is 1.12 bits per heavy atom. The number of ketones is 4. The lowest BCUT2D eigenvalue weighted by molar-refractivity contribution is -0.138. The van der Waals surface area contributed by atoms with Gasteiger partial charge in [0.1, 0.15) is 5.60 Å². The molecule has 0 N–H and O–H groups in total. The van der Waals surface area contributed by atoms with Crippen molar-refractivity contribution in [2.45, 2.75) is 31.8 Å². The van der Waals surface area contributed by atoms with Crippen LogP contribution in [-0.4, -0.2) is 23.1 Å². The van der Waals surface area contributed by atoms with Crippen LogP contribution in [0.25, 0.3) is 42.5 Å². The SMILES string of the molecule is CC1(C)Oc2c(sc3cc(/C=C4\C(=O)C(=O)c5cc(C(F)(F)F)ccc54)sc23)-c2sc(/C=C3\C(=O)C(=O)c4cc(C(F)(F)F)ccc43)cc21. The molecule has 246 valence electrons. The molecule has 0 atom stereocenters. The minimum absolute atomic E-state index is 0.00658. The van der Waals surface area contributed by atoms with E-state index in [1.165, 1.54) is 46.2 Å². The number of alkyl halides is 6. The van der Waals surface area contributed by atoms with Gasteiger partial charge in [-0.25, -0.2) is 0 Å². The Morgan fingerprint density at radius 1 is 0.612 bits per heavy atom. The lowest BCUT2D eigenvalue weighted by Crippen LogP contribution is -2.27. The van der Waals surface area contributed by atoms with E-state index in [2.05, 4.69) is 0 Å². The van der Waals surface area contributed by atoms with Crippen molar-refractivity contribution in [1.29, 1.82) is 0 Å². The third kappa shape index (κ3) is 4.79. The maximum Gasteiger partial charge on any atom is 0.416 e. The quantitative estimate of drug-likeness (QED) is 0.103. The van der Waals surface area contributed by atoms with E-state index in [1.54, 1.807) is 6.07 Å². The fourth-order valence-corrected chi connectivity index (χ4v) is 10.0. The van der Waals surface area contributed by atoms with Gasteiger partial charge in [-0.15, -0.1) is 34.0 Å². The second-order valence-corrected chi connectivity index (χ2v) is 15.3. The van der Waals surface area contributed by atoms with Crippen molar-refractivity contribution in [3.05, 3.63) is 97.2 Å². The van der Waals surface area contributed by atoms with Crippen molar-refractivity contribution in [2.24, 2.45) is 0 Å². The summed E-state index contributed by atoms with van der Waals surface area (Å²) >= 11 is 4.03. The summed E-state index contributed by atoms with van der Waals surface area (Å²) in [5.74, 6) is -3.19. The van der Waals surface area contributed by atoms with Gasteiger partial charge in [0.25, 0.3) is 0 Å². The van der Waals surface area contributed by atoms with Crippen molar-refractivity contribution >= 4 is 89.8 Å². The molecule has 3 aliphatic rings. The summed E-state index contributed by atoms with van der Waals surface area (Å²) in [6.45, 7) is 3.71. The molecule has 2 aliphatic carbocycles.